The first-order valence-corrected chi connectivity index (χ1v) is 10.3. The van der Waals surface area contributed by atoms with Gasteiger partial charge in [-0.3, -0.25) is 14.7 Å². The summed E-state index contributed by atoms with van der Waals surface area (Å²) in [4.78, 5) is 26.6. The van der Waals surface area contributed by atoms with E-state index >= 15 is 0 Å². The Morgan fingerprint density at radius 3 is 2.71 bits per heavy atom. The van der Waals surface area contributed by atoms with Crippen LogP contribution >= 0.6 is 0 Å². The minimum absolute atomic E-state index is 0.202. The highest BCUT2D eigenvalue weighted by atomic mass is 16.5. The van der Waals surface area contributed by atoms with Crippen molar-refractivity contribution >= 4 is 22.6 Å². The second-order valence-corrected chi connectivity index (χ2v) is 7.60. The van der Waals surface area contributed by atoms with Crippen LogP contribution in [0.3, 0.4) is 0 Å². The lowest BCUT2D eigenvalue weighted by Gasteiger charge is -2.26. The van der Waals surface area contributed by atoms with Crippen molar-refractivity contribution in [2.75, 3.05) is 31.6 Å². The van der Waals surface area contributed by atoms with Gasteiger partial charge in [0, 0.05) is 55.4 Å². The van der Waals surface area contributed by atoms with Gasteiger partial charge in [0.2, 0.25) is 0 Å². The predicted molar refractivity (Wildman–Crippen MR) is 120 cm³/mol. The highest BCUT2D eigenvalue weighted by Gasteiger charge is 2.13. The highest BCUT2D eigenvalue weighted by molar-refractivity contribution is 6.08. The maximum absolute atomic E-state index is 12.5. The third-order valence-corrected chi connectivity index (χ3v) is 5.50. The van der Waals surface area contributed by atoms with Gasteiger partial charge in [0.15, 0.2) is 0 Å². The van der Waals surface area contributed by atoms with Crippen molar-refractivity contribution in [1.29, 1.82) is 0 Å². The molecule has 1 aliphatic rings. The molecule has 7 nitrogen and oxygen atoms in total. The van der Waals surface area contributed by atoms with Gasteiger partial charge in [-0.2, -0.15) is 0 Å². The molecule has 0 aliphatic carbocycles. The number of ether oxygens (including phenoxy) is 1. The number of carbonyl (C=O) groups is 1. The predicted octanol–water partition coefficient (Wildman–Crippen LogP) is 3.71. The van der Waals surface area contributed by atoms with Crippen LogP contribution in [-0.2, 0) is 11.3 Å². The minimum Gasteiger partial charge on any atom is -0.379 e. The standard InChI is InChI=1S/C24H23N5O2/c30-24(19-2-1-7-25-13-19)28-22-15-27-23-21(22)12-20(14-26-23)18-5-3-17(4-6-18)16-29-8-10-31-11-9-29/h1-7,12-15H,8-11,16H2,(H,26,27)(H,28,30). The lowest BCUT2D eigenvalue weighted by Crippen LogP contribution is -2.35. The fourth-order valence-corrected chi connectivity index (χ4v) is 3.78. The first-order chi connectivity index (χ1) is 15.3. The van der Waals surface area contributed by atoms with Gasteiger partial charge in [-0.15, -0.1) is 0 Å². The molecule has 1 aromatic carbocycles. The van der Waals surface area contributed by atoms with Crippen LogP contribution in [0.25, 0.3) is 22.2 Å². The zero-order valence-corrected chi connectivity index (χ0v) is 17.0. The number of nitrogens with zero attached hydrogens (tertiary/aromatic N) is 3. The Hall–Kier alpha value is -3.55. The van der Waals surface area contributed by atoms with Crippen molar-refractivity contribution in [2.24, 2.45) is 0 Å². The van der Waals surface area contributed by atoms with E-state index in [2.05, 4.69) is 55.5 Å². The Morgan fingerprint density at radius 1 is 1.10 bits per heavy atom. The summed E-state index contributed by atoms with van der Waals surface area (Å²) >= 11 is 0. The normalized spacial score (nSPS) is 14.6. The summed E-state index contributed by atoms with van der Waals surface area (Å²) < 4.78 is 5.42. The molecule has 7 heteroatoms. The first-order valence-electron chi connectivity index (χ1n) is 10.3. The van der Waals surface area contributed by atoms with E-state index in [1.807, 2.05) is 6.20 Å². The van der Waals surface area contributed by atoms with Gasteiger partial charge in [-0.1, -0.05) is 24.3 Å². The van der Waals surface area contributed by atoms with Gasteiger partial charge in [0.1, 0.15) is 5.65 Å². The number of aromatic nitrogens is 3. The van der Waals surface area contributed by atoms with Crippen molar-refractivity contribution in [1.82, 2.24) is 19.9 Å². The molecule has 1 saturated heterocycles. The maximum atomic E-state index is 12.5. The van der Waals surface area contributed by atoms with E-state index in [9.17, 15) is 4.79 Å². The molecule has 0 unspecified atom stereocenters. The first kappa shape index (κ1) is 19.4. The van der Waals surface area contributed by atoms with Crippen LogP contribution in [0.15, 0.2) is 67.3 Å². The van der Waals surface area contributed by atoms with Crippen LogP contribution in [0.2, 0.25) is 0 Å². The van der Waals surface area contributed by atoms with E-state index in [4.69, 9.17) is 4.74 Å². The summed E-state index contributed by atoms with van der Waals surface area (Å²) in [5.74, 6) is -0.202. The molecule has 1 aliphatic heterocycles. The fraction of sp³-hybridized carbons (Fsp3) is 0.208. The number of hydrogen-bond donors (Lipinski definition) is 2. The van der Waals surface area contributed by atoms with Crippen molar-refractivity contribution in [3.05, 3.63) is 78.4 Å². The van der Waals surface area contributed by atoms with Crippen LogP contribution < -0.4 is 5.32 Å². The number of H-pyrrole nitrogens is 1. The summed E-state index contributed by atoms with van der Waals surface area (Å²) in [5, 5.41) is 3.82. The van der Waals surface area contributed by atoms with Gasteiger partial charge in [0.25, 0.3) is 5.91 Å². The number of rotatable bonds is 5. The molecule has 0 radical (unpaired) electrons. The molecule has 31 heavy (non-hydrogen) atoms. The number of pyridine rings is 2. The van der Waals surface area contributed by atoms with Crippen molar-refractivity contribution in [3.63, 3.8) is 0 Å². The Balaban J connectivity index is 1.35. The molecule has 4 aromatic rings. The van der Waals surface area contributed by atoms with Crippen LogP contribution in [-0.4, -0.2) is 52.1 Å². The van der Waals surface area contributed by atoms with Crippen LogP contribution in [0.4, 0.5) is 5.69 Å². The SMILES string of the molecule is O=C(Nc1c[nH]c2ncc(-c3ccc(CN4CCOCC4)cc3)cc12)c1cccnc1. The number of carbonyl (C=O) groups excluding carboxylic acids is 1. The topological polar surface area (TPSA) is 83.1 Å². The number of benzene rings is 1. The van der Waals surface area contributed by atoms with Gasteiger partial charge >= 0.3 is 0 Å². The lowest BCUT2D eigenvalue weighted by molar-refractivity contribution is 0.0342. The number of amides is 1. The third-order valence-electron chi connectivity index (χ3n) is 5.50. The molecule has 3 aromatic heterocycles. The molecule has 0 atom stereocenters. The van der Waals surface area contributed by atoms with E-state index in [0.29, 0.717) is 11.3 Å². The number of aromatic amines is 1. The van der Waals surface area contributed by atoms with Crippen LogP contribution in [0.5, 0.6) is 0 Å². The van der Waals surface area contributed by atoms with Crippen molar-refractivity contribution < 1.29 is 9.53 Å². The van der Waals surface area contributed by atoms with Gasteiger partial charge < -0.3 is 15.0 Å². The molecule has 4 heterocycles. The summed E-state index contributed by atoms with van der Waals surface area (Å²) in [6.07, 6.45) is 6.81. The smallest absolute Gasteiger partial charge is 0.257 e. The number of fused-ring (bicyclic) bond motifs is 1. The average Bonchev–Trinajstić information content (AvgIpc) is 3.23. The number of morpholine rings is 1. The molecular formula is C24H23N5O2. The van der Waals surface area contributed by atoms with Crippen LogP contribution in [0, 0.1) is 0 Å². The largest absolute Gasteiger partial charge is 0.379 e. The average molecular weight is 413 g/mol. The summed E-state index contributed by atoms with van der Waals surface area (Å²) in [6.45, 7) is 4.50. The van der Waals surface area contributed by atoms with Crippen molar-refractivity contribution in [2.45, 2.75) is 6.54 Å². The molecule has 0 spiro atoms. The van der Waals surface area contributed by atoms with E-state index < -0.39 is 0 Å². The Kier molecular flexibility index (Phi) is 5.43. The molecule has 1 amide bonds. The molecule has 5 rings (SSSR count). The summed E-state index contributed by atoms with van der Waals surface area (Å²) in [5.41, 5.74) is 5.31. The van der Waals surface area contributed by atoms with E-state index in [1.165, 1.54) is 5.56 Å². The molecule has 0 saturated carbocycles. The third kappa shape index (κ3) is 4.33. The fourth-order valence-electron chi connectivity index (χ4n) is 3.78. The lowest BCUT2D eigenvalue weighted by atomic mass is 10.0. The molecular weight excluding hydrogens is 390 g/mol. The van der Waals surface area contributed by atoms with Gasteiger partial charge in [0.05, 0.1) is 24.5 Å². The Bertz CT molecular complexity index is 1180. The molecule has 156 valence electrons. The van der Waals surface area contributed by atoms with Gasteiger partial charge in [-0.05, 0) is 29.3 Å². The van der Waals surface area contributed by atoms with E-state index in [-0.39, 0.29) is 5.91 Å². The number of anilines is 1. The summed E-state index contributed by atoms with van der Waals surface area (Å²) in [7, 11) is 0. The molecule has 1 fully saturated rings. The zero-order chi connectivity index (χ0) is 21.0. The quantitative estimate of drug-likeness (QED) is 0.521. The van der Waals surface area contributed by atoms with Gasteiger partial charge in [-0.25, -0.2) is 4.98 Å². The number of hydrogen-bond acceptors (Lipinski definition) is 5. The second-order valence-electron chi connectivity index (χ2n) is 7.60. The van der Waals surface area contributed by atoms with E-state index in [0.717, 1.165) is 55.0 Å². The number of nitrogens with one attached hydrogen (secondary N) is 2. The van der Waals surface area contributed by atoms with E-state index in [1.54, 1.807) is 30.7 Å². The molecule has 0 bridgehead atoms. The zero-order valence-electron chi connectivity index (χ0n) is 17.0. The monoisotopic (exact) mass is 413 g/mol. The maximum Gasteiger partial charge on any atom is 0.257 e. The minimum atomic E-state index is -0.202. The highest BCUT2D eigenvalue weighted by Crippen LogP contribution is 2.28. The van der Waals surface area contributed by atoms with Crippen LogP contribution in [0.1, 0.15) is 15.9 Å². The Labute approximate surface area is 180 Å². The Morgan fingerprint density at radius 2 is 1.94 bits per heavy atom. The van der Waals surface area contributed by atoms with Crippen molar-refractivity contribution in [3.8, 4) is 11.1 Å². The summed E-state index contributed by atoms with van der Waals surface area (Å²) in [6, 6.07) is 14.1. The molecule has 2 N–H and O–H groups in total. The second kappa shape index (κ2) is 8.67.